The minimum atomic E-state index is 0.0489. The molecule has 21 heavy (non-hydrogen) atoms. The second-order valence-electron chi connectivity index (χ2n) is 7.03. The van der Waals surface area contributed by atoms with Gasteiger partial charge in [0.25, 0.3) is 0 Å². The third-order valence-corrected chi connectivity index (χ3v) is 5.42. The van der Waals surface area contributed by atoms with Gasteiger partial charge < -0.3 is 5.32 Å². The molecule has 0 radical (unpaired) electrons. The zero-order valence-corrected chi connectivity index (χ0v) is 13.0. The van der Waals surface area contributed by atoms with E-state index >= 15 is 0 Å². The highest BCUT2D eigenvalue weighted by Gasteiger charge is 2.41. The van der Waals surface area contributed by atoms with Crippen LogP contribution in [0.5, 0.6) is 0 Å². The Morgan fingerprint density at radius 2 is 2.14 bits per heavy atom. The highest BCUT2D eigenvalue weighted by Crippen LogP contribution is 2.45. The third kappa shape index (κ3) is 3.45. The first-order valence-electron chi connectivity index (χ1n) is 8.39. The number of hydrogen-bond donors (Lipinski definition) is 1. The molecule has 1 heterocycles. The van der Waals surface area contributed by atoms with Gasteiger partial charge >= 0.3 is 0 Å². The average Bonchev–Trinajstić information content (AvgIpc) is 2.47. The molecule has 1 aromatic heterocycles. The lowest BCUT2D eigenvalue weighted by Gasteiger charge is -2.47. The fourth-order valence-corrected chi connectivity index (χ4v) is 4.47. The van der Waals surface area contributed by atoms with E-state index in [4.69, 9.17) is 0 Å². The summed E-state index contributed by atoms with van der Waals surface area (Å²) in [5.74, 6) is 1.82. The molecule has 2 atom stereocenters. The van der Waals surface area contributed by atoms with E-state index in [1.807, 2.05) is 12.1 Å². The Bertz CT molecular complexity index is 473. The van der Waals surface area contributed by atoms with Crippen LogP contribution in [0.2, 0.25) is 0 Å². The summed E-state index contributed by atoms with van der Waals surface area (Å²) in [5, 5.41) is 3.39. The highest BCUT2D eigenvalue weighted by atomic mass is 16.1. The Morgan fingerprint density at radius 3 is 2.76 bits per heavy atom. The average molecular weight is 286 g/mol. The molecule has 1 N–H and O–H groups in total. The summed E-state index contributed by atoms with van der Waals surface area (Å²) in [5.41, 5.74) is 1.05. The topological polar surface area (TPSA) is 42.0 Å². The second-order valence-corrected chi connectivity index (χ2v) is 7.03. The molecule has 2 fully saturated rings. The first kappa shape index (κ1) is 14.6. The quantitative estimate of drug-likeness (QED) is 0.920. The maximum atomic E-state index is 12.4. The second kappa shape index (κ2) is 6.17. The van der Waals surface area contributed by atoms with E-state index in [0.29, 0.717) is 6.42 Å². The van der Waals surface area contributed by atoms with Crippen LogP contribution in [0.3, 0.4) is 0 Å². The van der Waals surface area contributed by atoms with Crippen molar-refractivity contribution in [2.45, 2.75) is 63.8 Å². The van der Waals surface area contributed by atoms with Crippen molar-refractivity contribution in [3.8, 4) is 0 Å². The Morgan fingerprint density at radius 1 is 1.38 bits per heavy atom. The minimum Gasteiger partial charge on any atom is -0.350 e. The Kier molecular flexibility index (Phi) is 4.27. The van der Waals surface area contributed by atoms with Crippen molar-refractivity contribution >= 4 is 5.91 Å². The number of fused-ring (bicyclic) bond motifs is 2. The highest BCUT2D eigenvalue weighted by molar-refractivity contribution is 5.79. The van der Waals surface area contributed by atoms with Crippen LogP contribution in [0.15, 0.2) is 24.5 Å². The first-order chi connectivity index (χ1) is 10.2. The van der Waals surface area contributed by atoms with Gasteiger partial charge in [0.05, 0.1) is 6.42 Å². The van der Waals surface area contributed by atoms with Crippen molar-refractivity contribution in [2.75, 3.05) is 0 Å². The molecule has 0 aliphatic heterocycles. The number of hydrogen-bond acceptors (Lipinski definition) is 2. The predicted molar refractivity (Wildman–Crippen MR) is 83.8 cm³/mol. The Hall–Kier alpha value is -1.38. The molecule has 2 aliphatic carbocycles. The lowest BCUT2D eigenvalue weighted by molar-refractivity contribution is -0.123. The molecule has 1 amide bonds. The maximum Gasteiger partial charge on any atom is 0.224 e. The number of nitrogens with zero attached hydrogens (tertiary/aromatic N) is 1. The van der Waals surface area contributed by atoms with Gasteiger partial charge in [-0.2, -0.15) is 0 Å². The number of carbonyl (C=O) groups excluding carboxylic acids is 1. The lowest BCUT2D eigenvalue weighted by atomic mass is 9.64. The van der Waals surface area contributed by atoms with Gasteiger partial charge in [0.2, 0.25) is 5.91 Å². The van der Waals surface area contributed by atoms with Gasteiger partial charge in [-0.25, -0.2) is 0 Å². The van der Waals surface area contributed by atoms with E-state index in [1.54, 1.807) is 12.4 Å². The molecule has 2 aliphatic rings. The number of carbonyl (C=O) groups is 1. The molecular weight excluding hydrogens is 260 g/mol. The largest absolute Gasteiger partial charge is 0.350 e. The Labute approximate surface area is 127 Å². The molecule has 3 heteroatoms. The predicted octanol–water partition coefficient (Wildman–Crippen LogP) is 3.49. The van der Waals surface area contributed by atoms with E-state index in [0.717, 1.165) is 23.8 Å². The molecule has 3 nitrogen and oxygen atoms in total. The third-order valence-electron chi connectivity index (χ3n) is 5.42. The smallest absolute Gasteiger partial charge is 0.224 e. The molecule has 2 saturated carbocycles. The molecule has 0 spiro atoms. The first-order valence-corrected chi connectivity index (χ1v) is 8.39. The standard InChI is InChI=1S/C18H26N2O/c1-2-18(11-14-5-3-6-15(9-14)12-18)20-17(21)10-16-7-4-8-19-13-16/h4,7-8,13-15H,2-3,5-6,9-12H2,1H3,(H,20,21). The van der Waals surface area contributed by atoms with Crippen molar-refractivity contribution in [1.29, 1.82) is 0 Å². The lowest BCUT2D eigenvalue weighted by Crippen LogP contribution is -2.54. The zero-order valence-electron chi connectivity index (χ0n) is 13.0. The zero-order chi connectivity index (χ0) is 14.7. The van der Waals surface area contributed by atoms with Crippen LogP contribution in [0.4, 0.5) is 0 Å². The minimum absolute atomic E-state index is 0.0489. The van der Waals surface area contributed by atoms with Gasteiger partial charge in [-0.05, 0) is 49.1 Å². The normalized spacial score (nSPS) is 31.7. The number of amides is 1. The molecule has 0 aromatic carbocycles. The van der Waals surface area contributed by atoms with Gasteiger partial charge in [-0.1, -0.05) is 32.3 Å². The molecule has 3 rings (SSSR count). The van der Waals surface area contributed by atoms with Crippen LogP contribution in [0.25, 0.3) is 0 Å². The number of pyridine rings is 1. The molecular formula is C18H26N2O. The molecule has 114 valence electrons. The number of rotatable bonds is 4. The summed E-state index contributed by atoms with van der Waals surface area (Å²) in [7, 11) is 0. The molecule has 0 saturated heterocycles. The van der Waals surface area contributed by atoms with Crippen LogP contribution in [-0.4, -0.2) is 16.4 Å². The van der Waals surface area contributed by atoms with Crippen molar-refractivity contribution < 1.29 is 4.79 Å². The van der Waals surface area contributed by atoms with Crippen LogP contribution < -0.4 is 5.32 Å². The molecule has 2 unspecified atom stereocenters. The summed E-state index contributed by atoms with van der Waals surface area (Å²) < 4.78 is 0. The SMILES string of the molecule is CCC1(NC(=O)Cc2cccnc2)CC2CCCC(C2)C1. The van der Waals surface area contributed by atoms with E-state index in [-0.39, 0.29) is 11.4 Å². The molecule has 1 aromatic rings. The van der Waals surface area contributed by atoms with Gasteiger partial charge in [-0.15, -0.1) is 0 Å². The van der Waals surface area contributed by atoms with E-state index < -0.39 is 0 Å². The number of nitrogens with one attached hydrogen (secondary N) is 1. The van der Waals surface area contributed by atoms with Gasteiger partial charge in [0.15, 0.2) is 0 Å². The summed E-state index contributed by atoms with van der Waals surface area (Å²) in [6.45, 7) is 2.23. The van der Waals surface area contributed by atoms with E-state index in [9.17, 15) is 4.79 Å². The molecule has 2 bridgehead atoms. The fourth-order valence-electron chi connectivity index (χ4n) is 4.47. The van der Waals surface area contributed by atoms with Crippen LogP contribution in [-0.2, 0) is 11.2 Å². The Balaban J connectivity index is 1.65. The van der Waals surface area contributed by atoms with E-state index in [2.05, 4.69) is 17.2 Å². The van der Waals surface area contributed by atoms with Crippen LogP contribution >= 0.6 is 0 Å². The van der Waals surface area contributed by atoms with Gasteiger partial charge in [0.1, 0.15) is 0 Å². The van der Waals surface area contributed by atoms with Crippen molar-refractivity contribution in [3.05, 3.63) is 30.1 Å². The van der Waals surface area contributed by atoms with Crippen molar-refractivity contribution in [2.24, 2.45) is 11.8 Å². The number of aromatic nitrogens is 1. The summed E-state index contributed by atoms with van der Waals surface area (Å²) >= 11 is 0. The van der Waals surface area contributed by atoms with Crippen LogP contribution in [0.1, 0.15) is 57.4 Å². The summed E-state index contributed by atoms with van der Waals surface area (Å²) in [6.07, 6.45) is 12.9. The van der Waals surface area contributed by atoms with Crippen molar-refractivity contribution in [1.82, 2.24) is 10.3 Å². The monoisotopic (exact) mass is 286 g/mol. The van der Waals surface area contributed by atoms with Crippen LogP contribution in [0, 0.1) is 11.8 Å². The maximum absolute atomic E-state index is 12.4. The summed E-state index contributed by atoms with van der Waals surface area (Å²) in [6, 6.07) is 3.87. The van der Waals surface area contributed by atoms with E-state index in [1.165, 1.54) is 38.5 Å². The van der Waals surface area contributed by atoms with Gasteiger partial charge in [-0.3, -0.25) is 9.78 Å². The summed E-state index contributed by atoms with van der Waals surface area (Å²) in [4.78, 5) is 16.5. The van der Waals surface area contributed by atoms with Gasteiger partial charge in [0, 0.05) is 17.9 Å². The fraction of sp³-hybridized carbons (Fsp3) is 0.667. The van der Waals surface area contributed by atoms with Crippen molar-refractivity contribution in [3.63, 3.8) is 0 Å².